The van der Waals surface area contributed by atoms with Gasteiger partial charge in [0.1, 0.15) is 11.8 Å². The number of hydrogen-bond donors (Lipinski definition) is 1. The highest BCUT2D eigenvalue weighted by Gasteiger charge is 2.36. The Bertz CT molecular complexity index is 601. The summed E-state index contributed by atoms with van der Waals surface area (Å²) in [6.07, 6.45) is 4.20. The van der Waals surface area contributed by atoms with Crippen LogP contribution in [0.15, 0.2) is 24.4 Å². The summed E-state index contributed by atoms with van der Waals surface area (Å²) < 4.78 is 1.67. The molecule has 2 aromatic heterocycles. The summed E-state index contributed by atoms with van der Waals surface area (Å²) in [7, 11) is 0. The molecule has 0 atom stereocenters. The first-order chi connectivity index (χ1) is 8.20. The van der Waals surface area contributed by atoms with E-state index in [9.17, 15) is 0 Å². The summed E-state index contributed by atoms with van der Waals surface area (Å²) in [6.45, 7) is 3.04. The smallest absolute Gasteiger partial charge is 0.143 e. The summed E-state index contributed by atoms with van der Waals surface area (Å²) >= 11 is 0. The monoisotopic (exact) mass is 226 g/mol. The Morgan fingerprint density at radius 3 is 3.06 bits per heavy atom. The van der Waals surface area contributed by atoms with E-state index in [-0.39, 0.29) is 0 Å². The van der Waals surface area contributed by atoms with E-state index in [2.05, 4.69) is 29.5 Å². The number of nitriles is 1. The number of fused-ring (bicyclic) bond motifs is 1. The van der Waals surface area contributed by atoms with Gasteiger partial charge in [-0.2, -0.15) is 10.4 Å². The molecule has 0 radical (unpaired) electrons. The normalized spacial score (nSPS) is 16.9. The zero-order valence-electron chi connectivity index (χ0n) is 9.77. The lowest BCUT2D eigenvalue weighted by Crippen LogP contribution is -2.27. The molecule has 0 aromatic carbocycles. The first-order valence-electron chi connectivity index (χ1n) is 5.82. The highest BCUT2D eigenvalue weighted by atomic mass is 15.2. The molecule has 3 rings (SSSR count). The van der Waals surface area contributed by atoms with Crippen LogP contribution in [0.4, 0.5) is 0 Å². The maximum atomic E-state index is 9.09. The van der Waals surface area contributed by atoms with E-state index in [0.717, 1.165) is 17.6 Å². The summed E-state index contributed by atoms with van der Waals surface area (Å²) in [4.78, 5) is 0. The Labute approximate surface area is 99.9 Å². The molecule has 2 heterocycles. The Balaban J connectivity index is 1.91. The van der Waals surface area contributed by atoms with E-state index >= 15 is 0 Å². The maximum absolute atomic E-state index is 9.09. The minimum Gasteiger partial charge on any atom is -0.307 e. The number of rotatable bonds is 3. The van der Waals surface area contributed by atoms with Crippen LogP contribution in [0.5, 0.6) is 0 Å². The molecule has 0 amide bonds. The molecule has 86 valence electrons. The molecule has 1 fully saturated rings. The quantitative estimate of drug-likeness (QED) is 0.869. The lowest BCUT2D eigenvalue weighted by molar-refractivity contribution is 0.537. The lowest BCUT2D eigenvalue weighted by Gasteiger charge is -2.11. The third kappa shape index (κ3) is 1.90. The van der Waals surface area contributed by atoms with Crippen molar-refractivity contribution in [2.24, 2.45) is 0 Å². The van der Waals surface area contributed by atoms with E-state index in [0.29, 0.717) is 11.2 Å². The summed E-state index contributed by atoms with van der Waals surface area (Å²) in [5, 5.41) is 16.7. The average molecular weight is 226 g/mol. The molecule has 4 heteroatoms. The minimum absolute atomic E-state index is 0.319. The maximum Gasteiger partial charge on any atom is 0.143 e. The van der Waals surface area contributed by atoms with Gasteiger partial charge >= 0.3 is 0 Å². The molecule has 0 aliphatic heterocycles. The number of hydrogen-bond acceptors (Lipinski definition) is 3. The summed E-state index contributed by atoms with van der Waals surface area (Å²) in [6, 6.07) is 8.08. The van der Waals surface area contributed by atoms with Crippen LogP contribution in [-0.2, 0) is 6.54 Å². The lowest BCUT2D eigenvalue weighted by atomic mass is 10.2. The molecular weight excluding hydrogens is 212 g/mol. The van der Waals surface area contributed by atoms with Crippen LogP contribution in [0.3, 0.4) is 0 Å². The van der Waals surface area contributed by atoms with Crippen molar-refractivity contribution in [1.82, 2.24) is 14.9 Å². The van der Waals surface area contributed by atoms with Crippen molar-refractivity contribution in [1.29, 1.82) is 5.26 Å². The molecule has 1 N–H and O–H groups in total. The van der Waals surface area contributed by atoms with E-state index in [1.165, 1.54) is 12.8 Å². The highest BCUT2D eigenvalue weighted by molar-refractivity contribution is 5.51. The third-order valence-corrected chi connectivity index (χ3v) is 3.39. The van der Waals surface area contributed by atoms with Crippen LogP contribution in [-0.4, -0.2) is 15.2 Å². The molecular formula is C13H14N4. The Morgan fingerprint density at radius 1 is 1.53 bits per heavy atom. The van der Waals surface area contributed by atoms with Crippen molar-refractivity contribution in [2.45, 2.75) is 31.8 Å². The second kappa shape index (κ2) is 3.57. The van der Waals surface area contributed by atoms with Gasteiger partial charge in [-0.15, -0.1) is 0 Å². The molecule has 1 aliphatic carbocycles. The fourth-order valence-corrected chi connectivity index (χ4v) is 1.95. The van der Waals surface area contributed by atoms with E-state index in [1.54, 1.807) is 10.7 Å². The van der Waals surface area contributed by atoms with Crippen LogP contribution in [0.1, 0.15) is 31.0 Å². The number of pyridine rings is 1. The second-order valence-corrected chi connectivity index (χ2v) is 4.94. The molecule has 1 saturated carbocycles. The van der Waals surface area contributed by atoms with Crippen LogP contribution >= 0.6 is 0 Å². The number of nitrogens with one attached hydrogen (secondary N) is 1. The van der Waals surface area contributed by atoms with Crippen molar-refractivity contribution in [3.8, 4) is 6.07 Å². The Hall–Kier alpha value is -1.86. The first-order valence-corrected chi connectivity index (χ1v) is 5.82. The van der Waals surface area contributed by atoms with E-state index in [1.807, 2.05) is 12.1 Å². The topological polar surface area (TPSA) is 53.1 Å². The van der Waals surface area contributed by atoms with Crippen LogP contribution in [0.2, 0.25) is 0 Å². The standard InChI is InChI=1S/C13H14N4/c1-13(3-4-13)15-9-10-6-11-2-5-16-17(11)12(7-10)8-14/h2,5-7,15H,3-4,9H2,1H3. The van der Waals surface area contributed by atoms with Gasteiger partial charge in [0.25, 0.3) is 0 Å². The van der Waals surface area contributed by atoms with Gasteiger partial charge in [-0.05, 0) is 43.5 Å². The van der Waals surface area contributed by atoms with Gasteiger partial charge in [-0.3, -0.25) is 0 Å². The van der Waals surface area contributed by atoms with Crippen molar-refractivity contribution in [2.75, 3.05) is 0 Å². The number of aromatic nitrogens is 2. The predicted molar refractivity (Wildman–Crippen MR) is 64.4 cm³/mol. The van der Waals surface area contributed by atoms with Crippen molar-refractivity contribution in [3.63, 3.8) is 0 Å². The van der Waals surface area contributed by atoms with E-state index < -0.39 is 0 Å². The highest BCUT2D eigenvalue weighted by Crippen LogP contribution is 2.34. The van der Waals surface area contributed by atoms with Crippen molar-refractivity contribution in [3.05, 3.63) is 35.7 Å². The van der Waals surface area contributed by atoms with E-state index in [4.69, 9.17) is 5.26 Å². The summed E-state index contributed by atoms with van der Waals surface area (Å²) in [5.41, 5.74) is 3.02. The fourth-order valence-electron chi connectivity index (χ4n) is 1.95. The molecule has 0 unspecified atom stereocenters. The van der Waals surface area contributed by atoms with Gasteiger partial charge in [0, 0.05) is 12.1 Å². The predicted octanol–water partition coefficient (Wildman–Crippen LogP) is 1.85. The number of nitrogens with zero attached hydrogens (tertiary/aromatic N) is 3. The summed E-state index contributed by atoms with van der Waals surface area (Å²) in [5.74, 6) is 0. The zero-order chi connectivity index (χ0) is 11.9. The van der Waals surface area contributed by atoms with Crippen LogP contribution < -0.4 is 5.32 Å². The van der Waals surface area contributed by atoms with Crippen molar-refractivity contribution >= 4 is 5.52 Å². The first kappa shape index (κ1) is 10.3. The fraction of sp³-hybridized carbons (Fsp3) is 0.385. The molecule has 17 heavy (non-hydrogen) atoms. The molecule has 1 aliphatic rings. The van der Waals surface area contributed by atoms with Gasteiger partial charge in [-0.1, -0.05) is 0 Å². The SMILES string of the molecule is CC1(NCc2cc(C#N)n3nccc3c2)CC1. The van der Waals surface area contributed by atoms with Crippen molar-refractivity contribution < 1.29 is 0 Å². The average Bonchev–Trinajstić information content (AvgIpc) is 2.90. The molecule has 4 nitrogen and oxygen atoms in total. The van der Waals surface area contributed by atoms with Gasteiger partial charge < -0.3 is 5.32 Å². The Kier molecular flexibility index (Phi) is 2.17. The Morgan fingerprint density at radius 2 is 2.35 bits per heavy atom. The minimum atomic E-state index is 0.319. The van der Waals surface area contributed by atoms with Crippen LogP contribution in [0.25, 0.3) is 5.52 Å². The van der Waals surface area contributed by atoms with Gasteiger partial charge in [0.2, 0.25) is 0 Å². The molecule has 0 bridgehead atoms. The van der Waals surface area contributed by atoms with Gasteiger partial charge in [0.15, 0.2) is 0 Å². The molecule has 2 aromatic rings. The van der Waals surface area contributed by atoms with Gasteiger partial charge in [0.05, 0.1) is 11.7 Å². The molecule has 0 saturated heterocycles. The third-order valence-electron chi connectivity index (χ3n) is 3.39. The zero-order valence-corrected chi connectivity index (χ0v) is 9.77. The molecule has 0 spiro atoms. The largest absolute Gasteiger partial charge is 0.307 e. The second-order valence-electron chi connectivity index (χ2n) is 4.94. The van der Waals surface area contributed by atoms with Gasteiger partial charge in [-0.25, -0.2) is 4.52 Å². The van der Waals surface area contributed by atoms with Crippen LogP contribution in [0, 0.1) is 11.3 Å².